The van der Waals surface area contributed by atoms with Crippen LogP contribution in [0, 0.1) is 17.8 Å². The lowest BCUT2D eigenvalue weighted by Gasteiger charge is -2.19. The van der Waals surface area contributed by atoms with Crippen LogP contribution in [0.1, 0.15) is 126 Å². The van der Waals surface area contributed by atoms with Crippen LogP contribution in [0.4, 0.5) is 5.69 Å². The quantitative estimate of drug-likeness (QED) is 0.304. The Morgan fingerprint density at radius 2 is 1.54 bits per heavy atom. The predicted octanol–water partition coefficient (Wildman–Crippen LogP) is 9.41. The van der Waals surface area contributed by atoms with E-state index in [1.807, 2.05) is 18.2 Å². The van der Waals surface area contributed by atoms with E-state index in [2.05, 4.69) is 58.9 Å². The number of carbonyl (C=O) groups is 1. The molecule has 0 aliphatic heterocycles. The van der Waals surface area contributed by atoms with E-state index in [4.69, 9.17) is 5.73 Å². The van der Waals surface area contributed by atoms with E-state index in [1.165, 1.54) is 80.9 Å². The Balaban J connectivity index is 0.000000222. The van der Waals surface area contributed by atoms with E-state index < -0.39 is 0 Å². The number of Topliss-reactive ketones (excluding diaryl/α,β-unsaturated/α-hetero) is 1. The van der Waals surface area contributed by atoms with Gasteiger partial charge in [-0.15, -0.1) is 0 Å². The summed E-state index contributed by atoms with van der Waals surface area (Å²) in [6.07, 6.45) is 13.2. The molecule has 0 heterocycles. The maximum atomic E-state index is 11.3. The highest BCUT2D eigenvalue weighted by Gasteiger charge is 2.17. The number of fused-ring (bicyclic) bond motifs is 1. The van der Waals surface area contributed by atoms with Gasteiger partial charge in [0.25, 0.3) is 0 Å². The second-order valence-electron chi connectivity index (χ2n) is 11.3. The molecule has 0 spiro atoms. The molecule has 2 N–H and O–H groups in total. The summed E-state index contributed by atoms with van der Waals surface area (Å²) in [5.74, 6) is 3.50. The van der Waals surface area contributed by atoms with Crippen molar-refractivity contribution in [2.45, 2.75) is 112 Å². The van der Waals surface area contributed by atoms with E-state index in [-0.39, 0.29) is 5.78 Å². The van der Waals surface area contributed by atoms with Gasteiger partial charge in [-0.05, 0) is 85.1 Å². The highest BCUT2D eigenvalue weighted by molar-refractivity contribution is 5.94. The van der Waals surface area contributed by atoms with Gasteiger partial charge in [0.2, 0.25) is 0 Å². The first kappa shape index (κ1) is 29.1. The van der Waals surface area contributed by atoms with Gasteiger partial charge in [0, 0.05) is 11.3 Å². The summed E-state index contributed by atoms with van der Waals surface area (Å²) in [7, 11) is 0. The minimum Gasteiger partial charge on any atom is -0.399 e. The van der Waals surface area contributed by atoms with Gasteiger partial charge in [0.1, 0.15) is 0 Å². The molecule has 0 saturated heterocycles. The monoisotopic (exact) mass is 477 g/mol. The molecule has 1 saturated carbocycles. The lowest BCUT2D eigenvalue weighted by molar-refractivity contribution is 0.101. The molecule has 1 fully saturated rings. The molecule has 2 aliphatic carbocycles. The summed E-state index contributed by atoms with van der Waals surface area (Å²) in [6, 6.07) is 14.5. The van der Waals surface area contributed by atoms with Gasteiger partial charge in [-0.2, -0.15) is 0 Å². The number of rotatable bonds is 8. The molecular weight excluding hydrogens is 426 g/mol. The Morgan fingerprint density at radius 1 is 0.914 bits per heavy atom. The molecule has 2 nitrogen and oxygen atoms in total. The fourth-order valence-corrected chi connectivity index (χ4v) is 4.98. The normalized spacial score (nSPS) is 18.2. The topological polar surface area (TPSA) is 43.1 Å². The molecule has 2 aromatic rings. The molecule has 194 valence electrons. The van der Waals surface area contributed by atoms with Crippen LogP contribution in [0.25, 0.3) is 0 Å². The zero-order valence-electron chi connectivity index (χ0n) is 23.4. The van der Waals surface area contributed by atoms with Gasteiger partial charge >= 0.3 is 0 Å². The van der Waals surface area contributed by atoms with E-state index >= 15 is 0 Å². The number of nitrogen functional groups attached to an aromatic ring is 1. The summed E-state index contributed by atoms with van der Waals surface area (Å²) in [6.45, 7) is 13.1. The van der Waals surface area contributed by atoms with Crippen molar-refractivity contribution in [1.82, 2.24) is 0 Å². The average Bonchev–Trinajstić information content (AvgIpc) is 3.20. The molecule has 0 bridgehead atoms. The highest BCUT2D eigenvalue weighted by Crippen LogP contribution is 2.29. The molecule has 0 amide bonds. The molecule has 2 aromatic carbocycles. The third-order valence-electron chi connectivity index (χ3n) is 7.89. The van der Waals surface area contributed by atoms with Gasteiger partial charge in [0.05, 0.1) is 0 Å². The predicted molar refractivity (Wildman–Crippen MR) is 153 cm³/mol. The fourth-order valence-electron chi connectivity index (χ4n) is 4.98. The lowest BCUT2D eigenvalue weighted by Crippen LogP contribution is -2.04. The maximum absolute atomic E-state index is 11.3. The van der Waals surface area contributed by atoms with Crippen LogP contribution in [0.15, 0.2) is 42.5 Å². The molecular formula is C33H51NO. The third kappa shape index (κ3) is 10.2. The average molecular weight is 478 g/mol. The minimum absolute atomic E-state index is 0.151. The van der Waals surface area contributed by atoms with Crippen molar-refractivity contribution in [3.63, 3.8) is 0 Å². The second-order valence-corrected chi connectivity index (χ2v) is 11.3. The van der Waals surface area contributed by atoms with Crippen LogP contribution in [0.5, 0.6) is 0 Å². The van der Waals surface area contributed by atoms with E-state index in [9.17, 15) is 4.79 Å². The first-order valence-electron chi connectivity index (χ1n) is 14.2. The number of hydrogen-bond acceptors (Lipinski definition) is 2. The highest BCUT2D eigenvalue weighted by atomic mass is 16.1. The number of ketones is 1. The number of carbonyl (C=O) groups excluding carboxylic acids is 1. The molecule has 4 rings (SSSR count). The van der Waals surface area contributed by atoms with Crippen molar-refractivity contribution < 1.29 is 4.79 Å². The Morgan fingerprint density at radius 3 is 2.06 bits per heavy atom. The SMILES string of the molecule is CC1CCC1.CC1Cc2ccc(N)cc2C1.CCCC(CCC(C)CC)c1ccc(C(C)=O)cc1. The van der Waals surface area contributed by atoms with Crippen LogP contribution < -0.4 is 5.73 Å². The molecule has 0 aromatic heterocycles. The van der Waals surface area contributed by atoms with Crippen molar-refractivity contribution in [2.24, 2.45) is 17.8 Å². The van der Waals surface area contributed by atoms with Crippen molar-refractivity contribution in [2.75, 3.05) is 5.73 Å². The van der Waals surface area contributed by atoms with Gasteiger partial charge in [-0.1, -0.05) is 103 Å². The molecule has 3 unspecified atom stereocenters. The van der Waals surface area contributed by atoms with Crippen molar-refractivity contribution in [3.8, 4) is 0 Å². The first-order chi connectivity index (χ1) is 16.7. The fraction of sp³-hybridized carbons (Fsp3) is 0.606. The van der Waals surface area contributed by atoms with Gasteiger partial charge in [-0.25, -0.2) is 0 Å². The zero-order valence-corrected chi connectivity index (χ0v) is 23.4. The molecule has 0 radical (unpaired) electrons. The zero-order chi connectivity index (χ0) is 25.8. The van der Waals surface area contributed by atoms with Crippen LogP contribution in [0.2, 0.25) is 0 Å². The van der Waals surface area contributed by atoms with Crippen molar-refractivity contribution in [3.05, 3.63) is 64.7 Å². The Labute approximate surface area is 216 Å². The second kappa shape index (κ2) is 15.1. The van der Waals surface area contributed by atoms with E-state index in [1.54, 1.807) is 6.92 Å². The van der Waals surface area contributed by atoms with Crippen molar-refractivity contribution in [1.29, 1.82) is 0 Å². The standard InChI is InChI=1S/C18H28O.C10H13N.C5H10/c1-5-7-17(9-8-14(3)6-2)18-12-10-16(11-13-18)15(4)19;1-7-4-8-2-3-10(11)6-9(8)5-7;1-5-3-2-4-5/h10-14,17H,5-9H2,1-4H3;2-3,6-7H,4-5,11H2,1H3;5H,2-4H2,1H3. The number of anilines is 1. The van der Waals surface area contributed by atoms with Crippen molar-refractivity contribution >= 4 is 11.5 Å². The van der Waals surface area contributed by atoms with Crippen LogP contribution in [-0.4, -0.2) is 5.78 Å². The molecule has 2 heteroatoms. The molecule has 2 aliphatic rings. The maximum Gasteiger partial charge on any atom is 0.159 e. The summed E-state index contributed by atoms with van der Waals surface area (Å²) >= 11 is 0. The van der Waals surface area contributed by atoms with Crippen LogP contribution in [0.3, 0.4) is 0 Å². The smallest absolute Gasteiger partial charge is 0.159 e. The van der Waals surface area contributed by atoms with Gasteiger partial charge in [-0.3, -0.25) is 4.79 Å². The Bertz CT molecular complexity index is 880. The Hall–Kier alpha value is -2.09. The number of hydrogen-bond donors (Lipinski definition) is 1. The number of benzene rings is 2. The van der Waals surface area contributed by atoms with Crippen LogP contribution in [-0.2, 0) is 12.8 Å². The number of nitrogens with two attached hydrogens (primary N) is 1. The summed E-state index contributed by atoms with van der Waals surface area (Å²) in [5.41, 5.74) is 11.7. The van der Waals surface area contributed by atoms with Gasteiger partial charge < -0.3 is 5.73 Å². The summed E-state index contributed by atoms with van der Waals surface area (Å²) < 4.78 is 0. The summed E-state index contributed by atoms with van der Waals surface area (Å²) in [5, 5.41) is 0. The molecule has 35 heavy (non-hydrogen) atoms. The largest absolute Gasteiger partial charge is 0.399 e. The lowest BCUT2D eigenvalue weighted by atomic mass is 9.86. The van der Waals surface area contributed by atoms with E-state index in [0.717, 1.165) is 29.0 Å². The molecule has 3 atom stereocenters. The van der Waals surface area contributed by atoms with Crippen LogP contribution >= 0.6 is 0 Å². The minimum atomic E-state index is 0.151. The van der Waals surface area contributed by atoms with Gasteiger partial charge in [0.15, 0.2) is 5.78 Å². The summed E-state index contributed by atoms with van der Waals surface area (Å²) in [4.78, 5) is 11.3. The first-order valence-corrected chi connectivity index (χ1v) is 14.2. The Kier molecular flexibility index (Phi) is 12.6. The van der Waals surface area contributed by atoms with E-state index in [0.29, 0.717) is 5.92 Å². The third-order valence-corrected chi connectivity index (χ3v) is 7.89.